The number of anilines is 1. The van der Waals surface area contributed by atoms with Crippen molar-refractivity contribution in [3.8, 4) is 34.1 Å². The van der Waals surface area contributed by atoms with Gasteiger partial charge in [0.1, 0.15) is 5.75 Å². The Hall–Kier alpha value is -3.95. The molecule has 0 fully saturated rings. The summed E-state index contributed by atoms with van der Waals surface area (Å²) in [4.78, 5) is 17.6. The maximum absolute atomic E-state index is 12.9. The lowest BCUT2D eigenvalue weighted by molar-refractivity contribution is -0.113. The van der Waals surface area contributed by atoms with Crippen LogP contribution in [0, 0.1) is 27.7 Å². The number of thiazole rings is 1. The van der Waals surface area contributed by atoms with E-state index in [1.165, 1.54) is 39.8 Å². The minimum Gasteiger partial charge on any atom is -0.497 e. The Kier molecular flexibility index (Phi) is 7.81. The van der Waals surface area contributed by atoms with Crippen LogP contribution in [0.1, 0.15) is 22.3 Å². The van der Waals surface area contributed by atoms with Crippen LogP contribution in [0.4, 0.5) is 5.13 Å². The van der Waals surface area contributed by atoms with Gasteiger partial charge in [-0.1, -0.05) is 59.3 Å². The van der Waals surface area contributed by atoms with E-state index >= 15 is 0 Å². The van der Waals surface area contributed by atoms with Crippen molar-refractivity contribution in [1.29, 1.82) is 0 Å². The molecule has 0 saturated carbocycles. The Bertz CT molecular complexity index is 1620. The Morgan fingerprint density at radius 3 is 2.44 bits per heavy atom. The molecule has 0 atom stereocenters. The zero-order valence-electron chi connectivity index (χ0n) is 22.5. The Labute approximate surface area is 236 Å². The first kappa shape index (κ1) is 26.6. The van der Waals surface area contributed by atoms with Crippen LogP contribution in [0.2, 0.25) is 0 Å². The quantitative estimate of drug-likeness (QED) is 0.207. The van der Waals surface area contributed by atoms with Crippen LogP contribution in [0.15, 0.2) is 71.2 Å². The number of methoxy groups -OCH3 is 1. The van der Waals surface area contributed by atoms with E-state index in [0.29, 0.717) is 16.1 Å². The molecule has 1 amide bonds. The second kappa shape index (κ2) is 11.4. The standard InChI is InChI=1S/C30H29N5O2S2/c1-18-9-11-23(12-10-18)35-28(22-7-6-8-24(15-22)37-5)33-34-30(35)39-17-26(36)32-29-31-25(16-38-29)27-20(3)13-19(2)14-21(27)4/h6-16H,17H2,1-5H3,(H,31,32,36). The van der Waals surface area contributed by atoms with Gasteiger partial charge in [-0.15, -0.1) is 21.5 Å². The number of aryl methyl sites for hydroxylation is 4. The van der Waals surface area contributed by atoms with Crippen LogP contribution in [-0.2, 0) is 4.79 Å². The van der Waals surface area contributed by atoms with Gasteiger partial charge >= 0.3 is 0 Å². The summed E-state index contributed by atoms with van der Waals surface area (Å²) in [5, 5.41) is 15.0. The molecule has 5 rings (SSSR count). The number of nitrogens with zero attached hydrogens (tertiary/aromatic N) is 4. The van der Waals surface area contributed by atoms with Crippen LogP contribution in [0.25, 0.3) is 28.3 Å². The number of benzene rings is 3. The summed E-state index contributed by atoms with van der Waals surface area (Å²) in [7, 11) is 1.64. The normalized spacial score (nSPS) is 11.0. The maximum Gasteiger partial charge on any atom is 0.236 e. The first-order valence-electron chi connectivity index (χ1n) is 12.5. The average Bonchev–Trinajstić information content (AvgIpc) is 3.54. The lowest BCUT2D eigenvalue weighted by atomic mass is 9.98. The largest absolute Gasteiger partial charge is 0.497 e. The number of hydrogen-bond acceptors (Lipinski definition) is 7. The number of amides is 1. The number of nitrogens with one attached hydrogen (secondary N) is 1. The average molecular weight is 556 g/mol. The zero-order valence-corrected chi connectivity index (χ0v) is 24.1. The van der Waals surface area contributed by atoms with Gasteiger partial charge in [-0.05, 0) is 63.1 Å². The molecule has 3 aromatic carbocycles. The molecule has 0 saturated heterocycles. The molecule has 2 aromatic heterocycles. The maximum atomic E-state index is 12.9. The molecule has 198 valence electrons. The SMILES string of the molecule is COc1cccc(-c2nnc(SCC(=O)Nc3nc(-c4c(C)cc(C)cc4C)cs3)n2-c2ccc(C)cc2)c1. The van der Waals surface area contributed by atoms with Gasteiger partial charge < -0.3 is 10.1 Å². The van der Waals surface area contributed by atoms with Crippen molar-refractivity contribution in [3.05, 3.63) is 88.3 Å². The first-order chi connectivity index (χ1) is 18.8. The molecule has 0 aliphatic carbocycles. The van der Waals surface area contributed by atoms with Crippen molar-refractivity contribution in [2.75, 3.05) is 18.2 Å². The van der Waals surface area contributed by atoms with Crippen molar-refractivity contribution in [2.24, 2.45) is 0 Å². The molecule has 5 aromatic rings. The molecular weight excluding hydrogens is 526 g/mol. The third-order valence-corrected chi connectivity index (χ3v) is 7.96. The lowest BCUT2D eigenvalue weighted by Crippen LogP contribution is -2.14. The molecule has 0 spiro atoms. The van der Waals surface area contributed by atoms with E-state index < -0.39 is 0 Å². The Morgan fingerprint density at radius 1 is 0.974 bits per heavy atom. The molecule has 0 radical (unpaired) electrons. The van der Waals surface area contributed by atoms with Crippen LogP contribution < -0.4 is 10.1 Å². The monoisotopic (exact) mass is 555 g/mol. The van der Waals surface area contributed by atoms with Crippen LogP contribution in [-0.4, -0.2) is 38.5 Å². The van der Waals surface area contributed by atoms with Crippen LogP contribution in [0.3, 0.4) is 0 Å². The molecule has 0 aliphatic rings. The van der Waals surface area contributed by atoms with E-state index in [9.17, 15) is 4.79 Å². The molecule has 2 heterocycles. The highest BCUT2D eigenvalue weighted by Crippen LogP contribution is 2.32. The summed E-state index contributed by atoms with van der Waals surface area (Å²) in [6, 6.07) is 20.2. The van der Waals surface area contributed by atoms with Gasteiger partial charge in [-0.2, -0.15) is 0 Å². The van der Waals surface area contributed by atoms with E-state index in [2.05, 4.69) is 48.4 Å². The number of carbonyl (C=O) groups is 1. The number of rotatable bonds is 8. The molecular formula is C30H29N5O2S2. The fraction of sp³-hybridized carbons (Fsp3) is 0.200. The first-order valence-corrected chi connectivity index (χ1v) is 14.3. The van der Waals surface area contributed by atoms with Crippen molar-refractivity contribution in [1.82, 2.24) is 19.7 Å². The number of ether oxygens (including phenoxy) is 1. The van der Waals surface area contributed by atoms with Gasteiger partial charge in [0.15, 0.2) is 16.1 Å². The number of hydrogen-bond donors (Lipinski definition) is 1. The molecule has 9 heteroatoms. The minimum atomic E-state index is -0.153. The van der Waals surface area contributed by atoms with Gasteiger partial charge in [-0.25, -0.2) is 4.98 Å². The molecule has 0 unspecified atom stereocenters. The smallest absolute Gasteiger partial charge is 0.236 e. The highest BCUT2D eigenvalue weighted by molar-refractivity contribution is 7.99. The highest BCUT2D eigenvalue weighted by atomic mass is 32.2. The summed E-state index contributed by atoms with van der Waals surface area (Å²) in [5.74, 6) is 1.42. The summed E-state index contributed by atoms with van der Waals surface area (Å²) in [5.41, 5.74) is 8.50. The van der Waals surface area contributed by atoms with Crippen molar-refractivity contribution in [3.63, 3.8) is 0 Å². The lowest BCUT2D eigenvalue weighted by Gasteiger charge is -2.11. The minimum absolute atomic E-state index is 0.153. The summed E-state index contributed by atoms with van der Waals surface area (Å²) in [6.07, 6.45) is 0. The van der Waals surface area contributed by atoms with E-state index in [4.69, 9.17) is 9.72 Å². The predicted octanol–water partition coefficient (Wildman–Crippen LogP) is 7.03. The third-order valence-electron chi connectivity index (χ3n) is 6.27. The van der Waals surface area contributed by atoms with Crippen molar-refractivity contribution in [2.45, 2.75) is 32.9 Å². The predicted molar refractivity (Wildman–Crippen MR) is 159 cm³/mol. The summed E-state index contributed by atoms with van der Waals surface area (Å²) < 4.78 is 7.38. The van der Waals surface area contributed by atoms with E-state index in [-0.39, 0.29) is 11.7 Å². The summed E-state index contributed by atoms with van der Waals surface area (Å²) >= 11 is 2.76. The topological polar surface area (TPSA) is 81.9 Å². The Balaban J connectivity index is 1.35. The van der Waals surface area contributed by atoms with Gasteiger partial charge in [-0.3, -0.25) is 9.36 Å². The fourth-order valence-corrected chi connectivity index (χ4v) is 6.02. The second-order valence-electron chi connectivity index (χ2n) is 9.36. The van der Waals surface area contributed by atoms with Gasteiger partial charge in [0.25, 0.3) is 0 Å². The molecule has 0 aliphatic heterocycles. The zero-order chi connectivity index (χ0) is 27.5. The van der Waals surface area contributed by atoms with Gasteiger partial charge in [0, 0.05) is 22.2 Å². The molecule has 0 bridgehead atoms. The fourth-order valence-electron chi connectivity index (χ4n) is 4.55. The van der Waals surface area contributed by atoms with E-state index in [0.717, 1.165) is 33.8 Å². The second-order valence-corrected chi connectivity index (χ2v) is 11.2. The van der Waals surface area contributed by atoms with Gasteiger partial charge in [0.2, 0.25) is 5.91 Å². The van der Waals surface area contributed by atoms with E-state index in [1.54, 1.807) is 7.11 Å². The molecule has 7 nitrogen and oxygen atoms in total. The van der Waals surface area contributed by atoms with E-state index in [1.807, 2.05) is 65.4 Å². The third kappa shape index (κ3) is 5.89. The molecule has 1 N–H and O–H groups in total. The molecule has 39 heavy (non-hydrogen) atoms. The van der Waals surface area contributed by atoms with Crippen molar-refractivity contribution < 1.29 is 9.53 Å². The summed E-state index contributed by atoms with van der Waals surface area (Å²) in [6.45, 7) is 8.32. The highest BCUT2D eigenvalue weighted by Gasteiger charge is 2.19. The number of thioether (sulfide) groups is 1. The Morgan fingerprint density at radius 2 is 1.72 bits per heavy atom. The number of aromatic nitrogens is 4. The van der Waals surface area contributed by atoms with Crippen LogP contribution >= 0.6 is 23.1 Å². The van der Waals surface area contributed by atoms with Gasteiger partial charge in [0.05, 0.1) is 18.6 Å². The number of carbonyl (C=O) groups excluding carboxylic acids is 1. The van der Waals surface area contributed by atoms with Crippen molar-refractivity contribution >= 4 is 34.1 Å². The van der Waals surface area contributed by atoms with Crippen LogP contribution in [0.5, 0.6) is 5.75 Å².